The van der Waals surface area contributed by atoms with Gasteiger partial charge in [-0.2, -0.15) is 0 Å². The smallest absolute Gasteiger partial charge is 0.220 e. The number of nitrogens with zero attached hydrogens (tertiary/aromatic N) is 2. The van der Waals surface area contributed by atoms with Crippen LogP contribution >= 0.6 is 0 Å². The Morgan fingerprint density at radius 2 is 2.21 bits per heavy atom. The number of piperidine rings is 1. The molecule has 24 heavy (non-hydrogen) atoms. The molecule has 2 N–H and O–H groups in total. The van der Waals surface area contributed by atoms with Gasteiger partial charge in [-0.15, -0.1) is 0 Å². The monoisotopic (exact) mass is 334 g/mol. The van der Waals surface area contributed by atoms with Crippen LogP contribution in [-0.2, 0) is 4.79 Å². The molecule has 136 valence electrons. The summed E-state index contributed by atoms with van der Waals surface area (Å²) in [6.45, 7) is 9.22. The van der Waals surface area contributed by atoms with E-state index in [0.717, 1.165) is 63.4 Å². The number of likely N-dealkylation sites (tertiary alicyclic amines) is 1. The summed E-state index contributed by atoms with van der Waals surface area (Å²) in [7, 11) is 0. The first-order chi connectivity index (χ1) is 11.6. The predicted octanol–water partition coefficient (Wildman–Crippen LogP) is 2.38. The molecule has 0 radical (unpaired) electrons. The van der Waals surface area contributed by atoms with E-state index in [-0.39, 0.29) is 11.3 Å². The molecule has 3 fully saturated rings. The second-order valence-corrected chi connectivity index (χ2v) is 8.20. The van der Waals surface area contributed by atoms with Gasteiger partial charge in [0.15, 0.2) is 5.96 Å². The van der Waals surface area contributed by atoms with Crippen LogP contribution in [0, 0.1) is 17.3 Å². The molecular formula is C19H34N4O. The minimum atomic E-state index is 0.129. The lowest BCUT2D eigenvalue weighted by molar-refractivity contribution is -0.119. The lowest BCUT2D eigenvalue weighted by Crippen LogP contribution is -2.51. The van der Waals surface area contributed by atoms with Crippen molar-refractivity contribution in [3.63, 3.8) is 0 Å². The quantitative estimate of drug-likeness (QED) is 0.615. The number of hydrogen-bond donors (Lipinski definition) is 2. The maximum Gasteiger partial charge on any atom is 0.220 e. The van der Waals surface area contributed by atoms with Crippen LogP contribution in [0.3, 0.4) is 0 Å². The Balaban J connectivity index is 1.65. The van der Waals surface area contributed by atoms with Crippen LogP contribution in [0.1, 0.15) is 58.8 Å². The van der Waals surface area contributed by atoms with Gasteiger partial charge in [0.2, 0.25) is 5.91 Å². The number of rotatable bonds is 3. The third-order valence-corrected chi connectivity index (χ3v) is 6.26. The van der Waals surface area contributed by atoms with Crippen LogP contribution in [0.4, 0.5) is 0 Å². The van der Waals surface area contributed by atoms with E-state index in [4.69, 9.17) is 4.99 Å². The molecule has 2 heterocycles. The highest BCUT2D eigenvalue weighted by molar-refractivity contribution is 5.81. The Bertz CT molecular complexity index is 478. The third-order valence-electron chi connectivity index (χ3n) is 6.26. The van der Waals surface area contributed by atoms with Crippen molar-refractivity contribution in [2.45, 2.75) is 58.8 Å². The third kappa shape index (κ3) is 4.04. The predicted molar refractivity (Wildman–Crippen MR) is 98.0 cm³/mol. The summed E-state index contributed by atoms with van der Waals surface area (Å²) in [6.07, 6.45) is 8.42. The van der Waals surface area contributed by atoms with Gasteiger partial charge < -0.3 is 15.5 Å². The van der Waals surface area contributed by atoms with E-state index < -0.39 is 0 Å². The Kier molecular flexibility index (Phi) is 5.67. The second kappa shape index (κ2) is 7.75. The first-order valence-electron chi connectivity index (χ1n) is 9.92. The molecule has 1 aliphatic carbocycles. The highest BCUT2D eigenvalue weighted by Crippen LogP contribution is 2.36. The summed E-state index contributed by atoms with van der Waals surface area (Å²) in [5, 5.41) is 6.53. The molecule has 2 saturated heterocycles. The molecule has 0 aromatic heterocycles. The molecule has 0 aromatic rings. The molecule has 0 bridgehead atoms. The summed E-state index contributed by atoms with van der Waals surface area (Å²) in [5.74, 6) is 2.82. The van der Waals surface area contributed by atoms with Crippen molar-refractivity contribution in [3.05, 3.63) is 0 Å². The zero-order valence-corrected chi connectivity index (χ0v) is 15.4. The molecule has 3 aliphatic rings. The Labute approximate surface area is 146 Å². The normalized spacial score (nSPS) is 34.5. The van der Waals surface area contributed by atoms with E-state index in [1.54, 1.807) is 0 Å². The Hall–Kier alpha value is -1.26. The Morgan fingerprint density at radius 1 is 1.38 bits per heavy atom. The largest absolute Gasteiger partial charge is 0.357 e. The van der Waals surface area contributed by atoms with Crippen LogP contribution in [-0.4, -0.2) is 49.5 Å². The van der Waals surface area contributed by atoms with Crippen molar-refractivity contribution in [2.24, 2.45) is 22.2 Å². The zero-order valence-electron chi connectivity index (χ0n) is 15.4. The van der Waals surface area contributed by atoms with Gasteiger partial charge in [0.25, 0.3) is 0 Å². The van der Waals surface area contributed by atoms with Gasteiger partial charge in [-0.3, -0.25) is 9.79 Å². The molecule has 3 rings (SSSR count). The summed E-state index contributed by atoms with van der Waals surface area (Å²) >= 11 is 0. The molecule has 2 aliphatic heterocycles. The van der Waals surface area contributed by atoms with Crippen LogP contribution in [0.15, 0.2) is 4.99 Å². The van der Waals surface area contributed by atoms with Crippen LogP contribution in [0.5, 0.6) is 0 Å². The summed E-state index contributed by atoms with van der Waals surface area (Å²) < 4.78 is 0. The van der Waals surface area contributed by atoms with Crippen molar-refractivity contribution in [3.8, 4) is 0 Å². The standard InChI is InChI=1S/C19H34N4O/c1-3-20-18(21-12-16-8-5-4-7-15(16)2)23-10-6-9-19(14-23)11-17(24)22-13-19/h15-16H,3-14H2,1-2H3,(H,20,21)(H,22,24). The van der Waals surface area contributed by atoms with Gasteiger partial charge in [-0.25, -0.2) is 0 Å². The lowest BCUT2D eigenvalue weighted by atomic mass is 9.79. The number of nitrogens with one attached hydrogen (secondary N) is 2. The van der Waals surface area contributed by atoms with E-state index in [0.29, 0.717) is 6.42 Å². The number of carbonyl (C=O) groups is 1. The number of amides is 1. The van der Waals surface area contributed by atoms with Crippen LogP contribution in [0.25, 0.3) is 0 Å². The highest BCUT2D eigenvalue weighted by atomic mass is 16.1. The van der Waals surface area contributed by atoms with Gasteiger partial charge in [0.05, 0.1) is 0 Å². The number of carbonyl (C=O) groups excluding carboxylic acids is 1. The molecule has 3 atom stereocenters. The SMILES string of the molecule is CCNC(=NCC1CCCCC1C)N1CCCC2(CNC(=O)C2)C1. The van der Waals surface area contributed by atoms with Crippen molar-refractivity contribution < 1.29 is 4.79 Å². The number of hydrogen-bond acceptors (Lipinski definition) is 2. The van der Waals surface area contributed by atoms with Gasteiger partial charge in [-0.05, 0) is 38.0 Å². The summed E-state index contributed by atoms with van der Waals surface area (Å²) in [4.78, 5) is 19.1. The van der Waals surface area contributed by atoms with Crippen molar-refractivity contribution in [2.75, 3.05) is 32.7 Å². The van der Waals surface area contributed by atoms with E-state index in [1.807, 2.05) is 0 Å². The molecule has 5 heteroatoms. The minimum absolute atomic E-state index is 0.129. The molecule has 0 aromatic carbocycles. The van der Waals surface area contributed by atoms with Gasteiger partial charge in [0.1, 0.15) is 0 Å². The fourth-order valence-corrected chi connectivity index (χ4v) is 4.72. The van der Waals surface area contributed by atoms with E-state index in [2.05, 4.69) is 29.4 Å². The molecule has 1 amide bonds. The van der Waals surface area contributed by atoms with Crippen molar-refractivity contribution in [1.29, 1.82) is 0 Å². The highest BCUT2D eigenvalue weighted by Gasteiger charge is 2.42. The Morgan fingerprint density at radius 3 is 2.92 bits per heavy atom. The van der Waals surface area contributed by atoms with E-state index in [1.165, 1.54) is 25.7 Å². The average Bonchev–Trinajstić information content (AvgIpc) is 2.93. The van der Waals surface area contributed by atoms with Crippen LogP contribution in [0.2, 0.25) is 0 Å². The van der Waals surface area contributed by atoms with Gasteiger partial charge >= 0.3 is 0 Å². The van der Waals surface area contributed by atoms with Crippen molar-refractivity contribution in [1.82, 2.24) is 15.5 Å². The molecule has 1 saturated carbocycles. The maximum absolute atomic E-state index is 11.7. The lowest BCUT2D eigenvalue weighted by Gasteiger charge is -2.41. The van der Waals surface area contributed by atoms with Gasteiger partial charge in [-0.1, -0.05) is 26.2 Å². The molecule has 1 spiro atoms. The van der Waals surface area contributed by atoms with Crippen LogP contribution < -0.4 is 10.6 Å². The van der Waals surface area contributed by atoms with Crippen molar-refractivity contribution >= 4 is 11.9 Å². The maximum atomic E-state index is 11.7. The minimum Gasteiger partial charge on any atom is -0.357 e. The topological polar surface area (TPSA) is 56.7 Å². The number of aliphatic imine (C=N–C) groups is 1. The summed E-state index contributed by atoms with van der Waals surface area (Å²) in [6, 6.07) is 0. The molecule has 5 nitrogen and oxygen atoms in total. The number of guanidine groups is 1. The van der Waals surface area contributed by atoms with E-state index >= 15 is 0 Å². The average molecular weight is 335 g/mol. The zero-order chi connectivity index (χ0) is 17.0. The summed E-state index contributed by atoms with van der Waals surface area (Å²) in [5.41, 5.74) is 0.129. The first-order valence-corrected chi connectivity index (χ1v) is 9.92. The molecule has 3 unspecified atom stereocenters. The van der Waals surface area contributed by atoms with E-state index in [9.17, 15) is 4.79 Å². The second-order valence-electron chi connectivity index (χ2n) is 8.20. The molecular weight excluding hydrogens is 300 g/mol. The van der Waals surface area contributed by atoms with Gasteiger partial charge in [0, 0.05) is 44.6 Å². The fraction of sp³-hybridized carbons (Fsp3) is 0.895. The fourth-order valence-electron chi connectivity index (χ4n) is 4.72. The first kappa shape index (κ1) is 17.6.